The normalized spacial score (nSPS) is 13.2. The molecule has 0 aromatic carbocycles. The van der Waals surface area contributed by atoms with Crippen molar-refractivity contribution in [1.82, 2.24) is 10.3 Å². The Balaban J connectivity index is 2.30. The number of aliphatic hydroxyl groups excluding tert-OH is 1. The molecule has 5 nitrogen and oxygen atoms in total. The first-order valence-electron chi connectivity index (χ1n) is 5.53. The average molecular weight is 293 g/mol. The molecule has 18 heavy (non-hydrogen) atoms. The average Bonchev–Trinajstić information content (AvgIpc) is 2.61. The van der Waals surface area contributed by atoms with Crippen LogP contribution in [0.25, 0.3) is 0 Å². The second-order valence-corrected chi connectivity index (χ2v) is 5.98. The molecule has 0 saturated carbocycles. The van der Waals surface area contributed by atoms with Gasteiger partial charge >= 0.3 is 6.09 Å². The Bertz CT molecular complexity index is 403. The maximum Gasteiger partial charge on any atom is 0.407 e. The van der Waals surface area contributed by atoms with E-state index in [0.29, 0.717) is 23.0 Å². The fourth-order valence-corrected chi connectivity index (χ4v) is 2.28. The lowest BCUT2D eigenvalue weighted by Crippen LogP contribution is -2.33. The van der Waals surface area contributed by atoms with Crippen molar-refractivity contribution in [2.24, 2.45) is 0 Å². The number of aliphatic hydroxyl groups is 1. The first-order valence-corrected chi connectivity index (χ1v) is 6.79. The number of thiazole rings is 1. The predicted molar refractivity (Wildman–Crippen MR) is 70.9 cm³/mol. The largest absolute Gasteiger partial charge is 0.444 e. The number of halogens is 1. The van der Waals surface area contributed by atoms with Gasteiger partial charge in [-0.2, -0.15) is 0 Å². The zero-order valence-corrected chi connectivity index (χ0v) is 12.1. The fourth-order valence-electron chi connectivity index (χ4n) is 1.21. The molecule has 2 N–H and O–H groups in total. The van der Waals surface area contributed by atoms with Crippen molar-refractivity contribution in [3.05, 3.63) is 15.5 Å². The van der Waals surface area contributed by atoms with Gasteiger partial charge in [0.1, 0.15) is 10.8 Å². The minimum absolute atomic E-state index is 0.310. The van der Waals surface area contributed by atoms with Gasteiger partial charge in [0.2, 0.25) is 0 Å². The van der Waals surface area contributed by atoms with Crippen LogP contribution in [0.5, 0.6) is 0 Å². The highest BCUT2D eigenvalue weighted by Gasteiger charge is 2.17. The Kier molecular flexibility index (Phi) is 5.37. The van der Waals surface area contributed by atoms with E-state index in [9.17, 15) is 9.90 Å². The molecule has 0 bridgehead atoms. The van der Waals surface area contributed by atoms with Gasteiger partial charge in [0, 0.05) is 6.54 Å². The third-order valence-electron chi connectivity index (χ3n) is 1.94. The topological polar surface area (TPSA) is 71.5 Å². The van der Waals surface area contributed by atoms with Crippen LogP contribution in [0.2, 0.25) is 5.15 Å². The van der Waals surface area contributed by atoms with E-state index >= 15 is 0 Å². The summed E-state index contributed by atoms with van der Waals surface area (Å²) in [6, 6.07) is 0. The lowest BCUT2D eigenvalue weighted by Gasteiger charge is -2.20. The minimum atomic E-state index is -0.722. The molecule has 1 aromatic heterocycles. The van der Waals surface area contributed by atoms with Gasteiger partial charge in [-0.15, -0.1) is 11.3 Å². The van der Waals surface area contributed by atoms with Gasteiger partial charge in [-0.3, -0.25) is 0 Å². The standard InChI is InChI=1S/C11H17ClN2O3S/c1-11(2,3)17-10(16)13-5-4-7(15)8-9(12)14-6-18-8/h6-7,15H,4-5H2,1-3H3,(H,13,16). The third kappa shape index (κ3) is 5.20. The summed E-state index contributed by atoms with van der Waals surface area (Å²) in [4.78, 5) is 15.8. The molecule has 0 fully saturated rings. The first kappa shape index (κ1) is 15.2. The van der Waals surface area contributed by atoms with Gasteiger partial charge in [-0.1, -0.05) is 11.6 Å². The van der Waals surface area contributed by atoms with Crippen LogP contribution < -0.4 is 5.32 Å². The zero-order chi connectivity index (χ0) is 13.8. The van der Waals surface area contributed by atoms with Crippen molar-refractivity contribution < 1.29 is 14.6 Å². The Labute approximate surface area is 115 Å². The van der Waals surface area contributed by atoms with E-state index in [-0.39, 0.29) is 0 Å². The van der Waals surface area contributed by atoms with E-state index in [1.807, 2.05) is 0 Å². The molecule has 1 amide bonds. The maximum absolute atomic E-state index is 11.3. The van der Waals surface area contributed by atoms with E-state index in [1.54, 1.807) is 26.3 Å². The lowest BCUT2D eigenvalue weighted by atomic mass is 10.2. The van der Waals surface area contributed by atoms with Gasteiger partial charge in [0.15, 0.2) is 0 Å². The van der Waals surface area contributed by atoms with Crippen LogP contribution in [0.1, 0.15) is 38.2 Å². The highest BCUT2D eigenvalue weighted by molar-refractivity contribution is 7.10. The number of carbonyl (C=O) groups excluding carboxylic acids is 1. The van der Waals surface area contributed by atoms with Crippen LogP contribution >= 0.6 is 22.9 Å². The molecule has 7 heteroatoms. The summed E-state index contributed by atoms with van der Waals surface area (Å²) in [5.74, 6) is 0. The molecule has 0 saturated heterocycles. The molecule has 1 unspecified atom stereocenters. The number of hydrogen-bond donors (Lipinski definition) is 2. The van der Waals surface area contributed by atoms with Crippen molar-refractivity contribution >= 4 is 29.0 Å². The number of nitrogens with zero attached hydrogens (tertiary/aromatic N) is 1. The van der Waals surface area contributed by atoms with E-state index in [4.69, 9.17) is 16.3 Å². The van der Waals surface area contributed by atoms with Crippen molar-refractivity contribution in [1.29, 1.82) is 0 Å². The molecule has 1 heterocycles. The van der Waals surface area contributed by atoms with Crippen molar-refractivity contribution in [2.45, 2.75) is 38.9 Å². The van der Waals surface area contributed by atoms with E-state index in [2.05, 4.69) is 10.3 Å². The molecular formula is C11H17ClN2O3S. The van der Waals surface area contributed by atoms with E-state index < -0.39 is 17.8 Å². The molecule has 1 rings (SSSR count). The number of hydrogen-bond acceptors (Lipinski definition) is 5. The van der Waals surface area contributed by atoms with Crippen LogP contribution in [0.15, 0.2) is 5.51 Å². The maximum atomic E-state index is 11.3. The van der Waals surface area contributed by atoms with E-state index in [0.717, 1.165) is 0 Å². The second kappa shape index (κ2) is 6.36. The molecule has 0 aliphatic carbocycles. The Morgan fingerprint density at radius 3 is 2.83 bits per heavy atom. The molecule has 1 aromatic rings. The molecule has 0 aliphatic rings. The Morgan fingerprint density at radius 1 is 1.67 bits per heavy atom. The van der Waals surface area contributed by atoms with Crippen LogP contribution in [-0.2, 0) is 4.74 Å². The smallest absolute Gasteiger partial charge is 0.407 e. The van der Waals surface area contributed by atoms with Gasteiger partial charge in [-0.25, -0.2) is 9.78 Å². The number of rotatable bonds is 4. The van der Waals surface area contributed by atoms with Crippen LogP contribution in [0.3, 0.4) is 0 Å². The lowest BCUT2D eigenvalue weighted by molar-refractivity contribution is 0.0518. The molecule has 102 valence electrons. The van der Waals surface area contributed by atoms with Gasteiger partial charge in [0.25, 0.3) is 0 Å². The van der Waals surface area contributed by atoms with Crippen molar-refractivity contribution in [3.8, 4) is 0 Å². The SMILES string of the molecule is CC(C)(C)OC(=O)NCCC(O)c1scnc1Cl. The van der Waals surface area contributed by atoms with Gasteiger partial charge in [0.05, 0.1) is 16.5 Å². The molecular weight excluding hydrogens is 276 g/mol. The second-order valence-electron chi connectivity index (χ2n) is 4.74. The van der Waals surface area contributed by atoms with Crippen LogP contribution in [0.4, 0.5) is 4.79 Å². The molecule has 1 atom stereocenters. The molecule has 0 aliphatic heterocycles. The Morgan fingerprint density at radius 2 is 2.33 bits per heavy atom. The highest BCUT2D eigenvalue weighted by atomic mass is 35.5. The summed E-state index contributed by atoms with van der Waals surface area (Å²) in [5.41, 5.74) is 1.05. The van der Waals surface area contributed by atoms with Crippen molar-refractivity contribution in [2.75, 3.05) is 6.54 Å². The summed E-state index contributed by atoms with van der Waals surface area (Å²) >= 11 is 7.08. The quantitative estimate of drug-likeness (QED) is 0.895. The summed E-state index contributed by atoms with van der Waals surface area (Å²) in [6.45, 7) is 5.68. The minimum Gasteiger partial charge on any atom is -0.444 e. The third-order valence-corrected chi connectivity index (χ3v) is 3.28. The zero-order valence-electron chi connectivity index (χ0n) is 10.6. The summed E-state index contributed by atoms with van der Waals surface area (Å²) < 4.78 is 5.07. The number of ether oxygens (including phenoxy) is 1. The number of amides is 1. The summed E-state index contributed by atoms with van der Waals surface area (Å²) in [7, 11) is 0. The van der Waals surface area contributed by atoms with Crippen LogP contribution in [-0.4, -0.2) is 28.3 Å². The number of aromatic nitrogens is 1. The van der Waals surface area contributed by atoms with E-state index in [1.165, 1.54) is 11.3 Å². The van der Waals surface area contributed by atoms with Gasteiger partial charge in [-0.05, 0) is 27.2 Å². The van der Waals surface area contributed by atoms with Crippen molar-refractivity contribution in [3.63, 3.8) is 0 Å². The number of carbonyl (C=O) groups is 1. The first-order chi connectivity index (χ1) is 8.29. The number of alkyl carbamates (subject to hydrolysis) is 1. The summed E-state index contributed by atoms with van der Waals surface area (Å²) in [5, 5.41) is 12.7. The summed E-state index contributed by atoms with van der Waals surface area (Å²) in [6.07, 6.45) is -0.855. The number of nitrogens with one attached hydrogen (secondary N) is 1. The highest BCUT2D eigenvalue weighted by Crippen LogP contribution is 2.27. The molecule has 0 spiro atoms. The fraction of sp³-hybridized carbons (Fsp3) is 0.636. The van der Waals surface area contributed by atoms with Gasteiger partial charge < -0.3 is 15.2 Å². The van der Waals surface area contributed by atoms with Crippen LogP contribution in [0, 0.1) is 0 Å². The Hall–Kier alpha value is -0.850. The monoisotopic (exact) mass is 292 g/mol. The predicted octanol–water partition coefficient (Wildman–Crippen LogP) is 2.74. The molecule has 0 radical (unpaired) electrons.